The van der Waals surface area contributed by atoms with E-state index < -0.39 is 0 Å². The highest BCUT2D eigenvalue weighted by atomic mass is 35.5. The van der Waals surface area contributed by atoms with Crippen molar-refractivity contribution in [2.24, 2.45) is 10.9 Å². The van der Waals surface area contributed by atoms with Crippen molar-refractivity contribution in [3.05, 3.63) is 11.6 Å². The van der Waals surface area contributed by atoms with Gasteiger partial charge in [-0.1, -0.05) is 18.2 Å². The second-order valence-corrected chi connectivity index (χ2v) is 6.24. The first kappa shape index (κ1) is 16.6. The average Bonchev–Trinajstić information content (AvgIpc) is 2.97. The fourth-order valence-electron chi connectivity index (χ4n) is 2.82. The van der Waals surface area contributed by atoms with Crippen molar-refractivity contribution in [2.75, 3.05) is 59.0 Å². The van der Waals surface area contributed by atoms with Gasteiger partial charge in [-0.25, -0.2) is 4.99 Å². The van der Waals surface area contributed by atoms with Crippen molar-refractivity contribution in [1.29, 1.82) is 0 Å². The van der Waals surface area contributed by atoms with Crippen LogP contribution >= 0.6 is 11.6 Å². The Morgan fingerprint density at radius 2 is 2.14 bits per heavy atom. The molecule has 0 aliphatic carbocycles. The van der Waals surface area contributed by atoms with Gasteiger partial charge in [0.25, 0.3) is 0 Å². The SMILES string of the molecule is C=C(Cl)CN=C(NCC)N1CCN(CC2CCOC2)CC1. The minimum absolute atomic E-state index is 0.476. The van der Waals surface area contributed by atoms with Crippen molar-refractivity contribution >= 4 is 17.6 Å². The predicted octanol–water partition coefficient (Wildman–Crippen LogP) is 1.36. The fraction of sp³-hybridized carbons (Fsp3) is 0.800. The molecule has 120 valence electrons. The molecule has 0 aromatic rings. The average molecular weight is 315 g/mol. The summed E-state index contributed by atoms with van der Waals surface area (Å²) in [6, 6.07) is 0. The Morgan fingerprint density at radius 1 is 1.38 bits per heavy atom. The minimum Gasteiger partial charge on any atom is -0.381 e. The summed E-state index contributed by atoms with van der Waals surface area (Å²) in [4.78, 5) is 9.38. The summed E-state index contributed by atoms with van der Waals surface area (Å²) in [7, 11) is 0. The number of piperazine rings is 1. The third-order valence-corrected chi connectivity index (χ3v) is 4.07. The quantitative estimate of drug-likeness (QED) is 0.614. The van der Waals surface area contributed by atoms with Gasteiger partial charge in [0.05, 0.1) is 13.2 Å². The fourth-order valence-corrected chi connectivity index (χ4v) is 2.88. The van der Waals surface area contributed by atoms with Crippen LogP contribution in [0.25, 0.3) is 0 Å². The van der Waals surface area contributed by atoms with E-state index in [2.05, 4.69) is 33.6 Å². The van der Waals surface area contributed by atoms with Gasteiger partial charge in [0.1, 0.15) is 0 Å². The number of hydrogen-bond acceptors (Lipinski definition) is 3. The van der Waals surface area contributed by atoms with Crippen LogP contribution < -0.4 is 5.32 Å². The van der Waals surface area contributed by atoms with Crippen LogP contribution in [0.5, 0.6) is 0 Å². The highest BCUT2D eigenvalue weighted by Gasteiger charge is 2.23. The maximum absolute atomic E-state index is 5.81. The first-order valence-electron chi connectivity index (χ1n) is 7.85. The van der Waals surface area contributed by atoms with Gasteiger partial charge in [-0.05, 0) is 19.3 Å². The normalized spacial score (nSPS) is 24.4. The molecule has 6 heteroatoms. The smallest absolute Gasteiger partial charge is 0.194 e. The molecule has 0 aromatic heterocycles. The van der Waals surface area contributed by atoms with Gasteiger partial charge in [-0.2, -0.15) is 0 Å². The molecule has 1 unspecified atom stereocenters. The number of nitrogens with zero attached hydrogens (tertiary/aromatic N) is 3. The highest BCUT2D eigenvalue weighted by Crippen LogP contribution is 2.15. The molecule has 0 bridgehead atoms. The van der Waals surface area contributed by atoms with Crippen LogP contribution in [0.4, 0.5) is 0 Å². The van der Waals surface area contributed by atoms with Gasteiger partial charge >= 0.3 is 0 Å². The molecular formula is C15H27ClN4O. The summed E-state index contributed by atoms with van der Waals surface area (Å²) in [6.45, 7) is 14.3. The van der Waals surface area contributed by atoms with Crippen molar-refractivity contribution in [3.8, 4) is 0 Å². The van der Waals surface area contributed by atoms with E-state index in [-0.39, 0.29) is 0 Å². The van der Waals surface area contributed by atoms with Crippen LogP contribution in [0, 0.1) is 5.92 Å². The molecular weight excluding hydrogens is 288 g/mol. The molecule has 2 heterocycles. The summed E-state index contributed by atoms with van der Waals surface area (Å²) in [5, 5.41) is 3.91. The molecule has 1 N–H and O–H groups in total. The molecule has 0 radical (unpaired) electrons. The maximum atomic E-state index is 5.81. The summed E-state index contributed by atoms with van der Waals surface area (Å²) in [5.41, 5.74) is 0. The van der Waals surface area contributed by atoms with E-state index in [4.69, 9.17) is 16.3 Å². The number of guanidine groups is 1. The zero-order valence-electron chi connectivity index (χ0n) is 13.0. The van der Waals surface area contributed by atoms with Gasteiger partial charge in [0.15, 0.2) is 5.96 Å². The van der Waals surface area contributed by atoms with Gasteiger partial charge in [0, 0.05) is 50.9 Å². The summed E-state index contributed by atoms with van der Waals surface area (Å²) >= 11 is 5.81. The minimum atomic E-state index is 0.476. The maximum Gasteiger partial charge on any atom is 0.194 e. The van der Waals surface area contributed by atoms with Crippen LogP contribution in [0.2, 0.25) is 0 Å². The first-order valence-corrected chi connectivity index (χ1v) is 8.23. The van der Waals surface area contributed by atoms with Crippen LogP contribution in [0.1, 0.15) is 13.3 Å². The van der Waals surface area contributed by atoms with Crippen LogP contribution in [0.3, 0.4) is 0 Å². The van der Waals surface area contributed by atoms with E-state index in [0.29, 0.717) is 11.6 Å². The predicted molar refractivity (Wildman–Crippen MR) is 87.9 cm³/mol. The Labute approximate surface area is 133 Å². The number of hydrogen-bond donors (Lipinski definition) is 1. The number of rotatable bonds is 5. The molecule has 5 nitrogen and oxygen atoms in total. The number of aliphatic imine (C=N–C) groups is 1. The van der Waals surface area contributed by atoms with Crippen molar-refractivity contribution in [2.45, 2.75) is 13.3 Å². The zero-order chi connectivity index (χ0) is 15.1. The lowest BCUT2D eigenvalue weighted by atomic mass is 10.1. The van der Waals surface area contributed by atoms with Gasteiger partial charge < -0.3 is 15.0 Å². The van der Waals surface area contributed by atoms with Crippen LogP contribution in [0.15, 0.2) is 16.6 Å². The number of ether oxygens (including phenoxy) is 1. The molecule has 2 rings (SSSR count). The first-order chi connectivity index (χ1) is 10.2. The molecule has 0 amide bonds. The largest absolute Gasteiger partial charge is 0.381 e. The monoisotopic (exact) mass is 314 g/mol. The van der Waals surface area contributed by atoms with E-state index >= 15 is 0 Å². The Kier molecular flexibility index (Phi) is 6.80. The Morgan fingerprint density at radius 3 is 2.71 bits per heavy atom. The highest BCUT2D eigenvalue weighted by molar-refractivity contribution is 6.29. The van der Waals surface area contributed by atoms with E-state index in [1.807, 2.05) is 0 Å². The second-order valence-electron chi connectivity index (χ2n) is 5.70. The topological polar surface area (TPSA) is 40.1 Å². The lowest BCUT2D eigenvalue weighted by Gasteiger charge is -2.37. The van der Waals surface area contributed by atoms with E-state index in [1.54, 1.807) is 0 Å². The molecule has 2 fully saturated rings. The Balaban J connectivity index is 1.79. The van der Waals surface area contributed by atoms with Crippen LogP contribution in [-0.4, -0.2) is 74.8 Å². The van der Waals surface area contributed by atoms with Crippen molar-refractivity contribution < 1.29 is 4.74 Å². The van der Waals surface area contributed by atoms with Gasteiger partial charge in [-0.15, -0.1) is 0 Å². The van der Waals surface area contributed by atoms with Crippen molar-refractivity contribution in [1.82, 2.24) is 15.1 Å². The molecule has 21 heavy (non-hydrogen) atoms. The third kappa shape index (κ3) is 5.49. The molecule has 0 aromatic carbocycles. The van der Waals surface area contributed by atoms with E-state index in [0.717, 1.165) is 57.8 Å². The van der Waals surface area contributed by atoms with Crippen LogP contribution in [-0.2, 0) is 4.74 Å². The lowest BCUT2D eigenvalue weighted by molar-refractivity contribution is 0.139. The van der Waals surface area contributed by atoms with E-state index in [1.165, 1.54) is 13.0 Å². The van der Waals surface area contributed by atoms with E-state index in [9.17, 15) is 0 Å². The molecule has 2 aliphatic rings. The molecule has 1 atom stereocenters. The second kappa shape index (κ2) is 8.61. The summed E-state index contributed by atoms with van der Waals surface area (Å²) in [5.74, 6) is 1.67. The zero-order valence-corrected chi connectivity index (χ0v) is 13.7. The van der Waals surface area contributed by atoms with Gasteiger partial charge in [0.2, 0.25) is 0 Å². The molecule has 0 saturated carbocycles. The number of halogens is 1. The van der Waals surface area contributed by atoms with Crippen molar-refractivity contribution in [3.63, 3.8) is 0 Å². The molecule has 0 spiro atoms. The Hall–Kier alpha value is -0.780. The standard InChI is InChI=1S/C15H27ClN4O/c1-3-17-15(18-10-13(2)16)20-7-5-19(6-8-20)11-14-4-9-21-12-14/h14H,2-12H2,1H3,(H,17,18). The third-order valence-electron chi connectivity index (χ3n) is 3.95. The Bertz CT molecular complexity index is 361. The lowest BCUT2D eigenvalue weighted by Crippen LogP contribution is -2.53. The molecule has 2 saturated heterocycles. The summed E-state index contributed by atoms with van der Waals surface area (Å²) < 4.78 is 5.46. The number of nitrogens with one attached hydrogen (secondary N) is 1. The van der Waals surface area contributed by atoms with Gasteiger partial charge in [-0.3, -0.25) is 4.90 Å². The summed E-state index contributed by atoms with van der Waals surface area (Å²) in [6.07, 6.45) is 1.21. The molecule has 2 aliphatic heterocycles.